The first-order chi connectivity index (χ1) is 7.70. The lowest BCUT2D eigenvalue weighted by Crippen LogP contribution is -2.30. The van der Waals surface area contributed by atoms with Crippen LogP contribution in [0.1, 0.15) is 31.1 Å². The first-order valence-corrected chi connectivity index (χ1v) is 7.80. The fraction of sp³-hybridized carbons (Fsp3) is 0.692. The molecule has 3 heteroatoms. The minimum Gasteiger partial charge on any atom is -0.330 e. The van der Waals surface area contributed by atoms with E-state index in [-0.39, 0.29) is 0 Å². The maximum Gasteiger partial charge on any atom is 0.0314 e. The van der Waals surface area contributed by atoms with Crippen LogP contribution in [0.4, 0.5) is 0 Å². The molecule has 3 unspecified atom stereocenters. The lowest BCUT2D eigenvalue weighted by atomic mass is 9.73. The highest BCUT2D eigenvalue weighted by Gasteiger charge is 2.28. The molecule has 1 heterocycles. The van der Waals surface area contributed by atoms with E-state index in [0.717, 1.165) is 24.3 Å². The molecule has 1 aliphatic rings. The van der Waals surface area contributed by atoms with Crippen molar-refractivity contribution >= 4 is 27.3 Å². The Morgan fingerprint density at radius 3 is 2.88 bits per heavy atom. The van der Waals surface area contributed by atoms with E-state index in [1.165, 1.54) is 35.0 Å². The van der Waals surface area contributed by atoms with Gasteiger partial charge in [0.2, 0.25) is 0 Å². The number of nitrogens with two attached hydrogens (primary N) is 1. The van der Waals surface area contributed by atoms with Crippen molar-refractivity contribution in [2.45, 2.75) is 32.6 Å². The van der Waals surface area contributed by atoms with E-state index in [1.54, 1.807) is 0 Å². The number of thiophene rings is 1. The van der Waals surface area contributed by atoms with Crippen molar-refractivity contribution in [1.29, 1.82) is 0 Å². The average Bonchev–Trinajstić information content (AvgIpc) is 2.65. The van der Waals surface area contributed by atoms with Gasteiger partial charge in [0.05, 0.1) is 0 Å². The SMILES string of the molecule is CC1CCC(CN)C(Cc2sccc2Br)C1. The Labute approximate surface area is 111 Å². The summed E-state index contributed by atoms with van der Waals surface area (Å²) < 4.78 is 1.28. The van der Waals surface area contributed by atoms with Gasteiger partial charge in [-0.1, -0.05) is 13.3 Å². The molecule has 1 fully saturated rings. The molecule has 0 radical (unpaired) electrons. The van der Waals surface area contributed by atoms with Crippen molar-refractivity contribution in [2.24, 2.45) is 23.5 Å². The van der Waals surface area contributed by atoms with Crippen LogP contribution in [0.3, 0.4) is 0 Å². The van der Waals surface area contributed by atoms with Gasteiger partial charge in [0.1, 0.15) is 0 Å². The van der Waals surface area contributed by atoms with Gasteiger partial charge in [-0.3, -0.25) is 0 Å². The van der Waals surface area contributed by atoms with E-state index in [9.17, 15) is 0 Å². The van der Waals surface area contributed by atoms with Gasteiger partial charge in [0, 0.05) is 9.35 Å². The van der Waals surface area contributed by atoms with Crippen molar-refractivity contribution in [3.63, 3.8) is 0 Å². The topological polar surface area (TPSA) is 26.0 Å². The van der Waals surface area contributed by atoms with Crippen LogP contribution in [0.15, 0.2) is 15.9 Å². The van der Waals surface area contributed by atoms with Crippen molar-refractivity contribution in [2.75, 3.05) is 6.54 Å². The van der Waals surface area contributed by atoms with Crippen LogP contribution in [0, 0.1) is 17.8 Å². The van der Waals surface area contributed by atoms with E-state index in [0.29, 0.717) is 0 Å². The quantitative estimate of drug-likeness (QED) is 0.895. The molecule has 90 valence electrons. The second-order valence-corrected chi connectivity index (χ2v) is 6.92. The molecule has 1 aromatic heterocycles. The molecular formula is C13H20BrNS. The summed E-state index contributed by atoms with van der Waals surface area (Å²) >= 11 is 5.50. The molecule has 0 aromatic carbocycles. The van der Waals surface area contributed by atoms with Crippen LogP contribution < -0.4 is 5.73 Å². The Hall–Kier alpha value is 0.140. The minimum absolute atomic E-state index is 0.741. The second kappa shape index (κ2) is 5.65. The van der Waals surface area contributed by atoms with Gasteiger partial charge in [-0.05, 0) is 70.9 Å². The smallest absolute Gasteiger partial charge is 0.0314 e. The van der Waals surface area contributed by atoms with Crippen LogP contribution >= 0.6 is 27.3 Å². The zero-order valence-corrected chi connectivity index (χ0v) is 12.2. The monoisotopic (exact) mass is 301 g/mol. The van der Waals surface area contributed by atoms with Crippen LogP contribution in [-0.2, 0) is 6.42 Å². The van der Waals surface area contributed by atoms with E-state index in [1.807, 2.05) is 11.3 Å². The molecule has 2 rings (SSSR count). The van der Waals surface area contributed by atoms with E-state index < -0.39 is 0 Å². The van der Waals surface area contributed by atoms with Crippen molar-refractivity contribution in [3.05, 3.63) is 20.8 Å². The first-order valence-electron chi connectivity index (χ1n) is 6.12. The molecule has 1 aliphatic carbocycles. The fourth-order valence-corrected chi connectivity index (χ4v) is 4.44. The molecule has 3 atom stereocenters. The van der Waals surface area contributed by atoms with Gasteiger partial charge in [-0.25, -0.2) is 0 Å². The molecule has 0 saturated heterocycles. The van der Waals surface area contributed by atoms with Gasteiger partial charge in [0.25, 0.3) is 0 Å². The van der Waals surface area contributed by atoms with Crippen molar-refractivity contribution in [1.82, 2.24) is 0 Å². The lowest BCUT2D eigenvalue weighted by Gasteiger charge is -2.34. The second-order valence-electron chi connectivity index (χ2n) is 5.07. The van der Waals surface area contributed by atoms with Gasteiger partial charge < -0.3 is 5.73 Å². The summed E-state index contributed by atoms with van der Waals surface area (Å²) in [6.45, 7) is 3.24. The van der Waals surface area contributed by atoms with Crippen molar-refractivity contribution < 1.29 is 0 Å². The summed E-state index contributed by atoms with van der Waals surface area (Å²) in [5, 5.41) is 2.17. The third-order valence-corrected chi connectivity index (χ3v) is 5.79. The highest BCUT2D eigenvalue weighted by Crippen LogP contribution is 2.37. The lowest BCUT2D eigenvalue weighted by molar-refractivity contribution is 0.194. The molecule has 0 bridgehead atoms. The highest BCUT2D eigenvalue weighted by molar-refractivity contribution is 9.10. The summed E-state index contributed by atoms with van der Waals surface area (Å²) in [7, 11) is 0. The summed E-state index contributed by atoms with van der Waals surface area (Å²) in [5.41, 5.74) is 5.90. The third-order valence-electron chi connectivity index (χ3n) is 3.84. The molecule has 16 heavy (non-hydrogen) atoms. The number of hydrogen-bond donors (Lipinski definition) is 1. The Kier molecular flexibility index (Phi) is 4.45. The zero-order valence-electron chi connectivity index (χ0n) is 9.79. The molecule has 0 amide bonds. The summed E-state index contributed by atoms with van der Waals surface area (Å²) in [6, 6.07) is 2.16. The van der Waals surface area contributed by atoms with E-state index >= 15 is 0 Å². The minimum atomic E-state index is 0.741. The maximum atomic E-state index is 5.90. The molecule has 1 nitrogen and oxygen atoms in total. The maximum absolute atomic E-state index is 5.90. The Morgan fingerprint density at radius 1 is 1.44 bits per heavy atom. The molecular weight excluding hydrogens is 282 g/mol. The Bertz CT molecular complexity index is 336. The van der Waals surface area contributed by atoms with Gasteiger partial charge >= 0.3 is 0 Å². The van der Waals surface area contributed by atoms with Gasteiger partial charge in [-0.2, -0.15) is 0 Å². The van der Waals surface area contributed by atoms with Crippen LogP contribution in [-0.4, -0.2) is 6.54 Å². The van der Waals surface area contributed by atoms with Crippen LogP contribution in [0.2, 0.25) is 0 Å². The number of rotatable bonds is 3. The Balaban J connectivity index is 2.03. The average molecular weight is 302 g/mol. The summed E-state index contributed by atoms with van der Waals surface area (Å²) in [6.07, 6.45) is 5.26. The highest BCUT2D eigenvalue weighted by atomic mass is 79.9. The Morgan fingerprint density at radius 2 is 2.25 bits per heavy atom. The predicted molar refractivity (Wildman–Crippen MR) is 74.8 cm³/mol. The fourth-order valence-electron chi connectivity index (χ4n) is 2.83. The van der Waals surface area contributed by atoms with E-state index in [2.05, 4.69) is 34.3 Å². The zero-order chi connectivity index (χ0) is 11.5. The number of hydrogen-bond acceptors (Lipinski definition) is 2. The first kappa shape index (κ1) is 12.6. The molecule has 1 saturated carbocycles. The summed E-state index contributed by atoms with van der Waals surface area (Å²) in [5.74, 6) is 2.42. The van der Waals surface area contributed by atoms with Crippen molar-refractivity contribution in [3.8, 4) is 0 Å². The standard InChI is InChI=1S/C13H20BrNS/c1-9-2-3-10(8-15)11(6-9)7-13-12(14)4-5-16-13/h4-5,9-11H,2-3,6-8,15H2,1H3. The molecule has 2 N–H and O–H groups in total. The van der Waals surface area contributed by atoms with Gasteiger partial charge in [-0.15, -0.1) is 11.3 Å². The van der Waals surface area contributed by atoms with E-state index in [4.69, 9.17) is 5.73 Å². The molecule has 0 aliphatic heterocycles. The van der Waals surface area contributed by atoms with Crippen LogP contribution in [0.25, 0.3) is 0 Å². The van der Waals surface area contributed by atoms with Gasteiger partial charge in [0.15, 0.2) is 0 Å². The molecule has 1 aromatic rings. The number of halogens is 1. The summed E-state index contributed by atoms with van der Waals surface area (Å²) in [4.78, 5) is 1.50. The van der Waals surface area contributed by atoms with Crippen LogP contribution in [0.5, 0.6) is 0 Å². The largest absolute Gasteiger partial charge is 0.330 e. The third kappa shape index (κ3) is 2.88. The normalized spacial score (nSPS) is 30.6. The predicted octanol–water partition coefficient (Wildman–Crippen LogP) is 4.06. The molecule has 0 spiro atoms.